The smallest absolute Gasteiger partial charge is 0.298 e. The van der Waals surface area contributed by atoms with Crippen LogP contribution in [-0.2, 0) is 19.0 Å². The summed E-state index contributed by atoms with van der Waals surface area (Å²) in [6.45, 7) is 2.12. The topological polar surface area (TPSA) is 59.8 Å². The van der Waals surface area contributed by atoms with Crippen LogP contribution in [0.15, 0.2) is 30.5 Å². The molecule has 1 atom stereocenters. The number of rotatable bonds is 3. The van der Waals surface area contributed by atoms with Crippen molar-refractivity contribution in [2.75, 3.05) is 5.32 Å². The molecule has 0 saturated carbocycles. The summed E-state index contributed by atoms with van der Waals surface area (Å²) in [6, 6.07) is 4.93. The van der Waals surface area contributed by atoms with Crippen LogP contribution in [0.2, 0.25) is 0 Å². The van der Waals surface area contributed by atoms with Crippen molar-refractivity contribution in [2.24, 2.45) is 5.92 Å². The number of aromatic nitrogens is 3. The van der Waals surface area contributed by atoms with E-state index in [1.54, 1.807) is 0 Å². The fraction of sp³-hybridized carbons (Fsp3) is 0.316. The van der Waals surface area contributed by atoms with E-state index in [0.29, 0.717) is 10.6 Å². The van der Waals surface area contributed by atoms with E-state index in [9.17, 15) is 22.4 Å². The Balaban J connectivity index is 1.68. The molecule has 2 aromatic heterocycles. The van der Waals surface area contributed by atoms with Gasteiger partial charge < -0.3 is 0 Å². The van der Waals surface area contributed by atoms with E-state index in [-0.39, 0.29) is 5.13 Å². The zero-order valence-corrected chi connectivity index (χ0v) is 16.1. The number of nitrogens with zero attached hydrogens (tertiary/aromatic N) is 3. The predicted octanol–water partition coefficient (Wildman–Crippen LogP) is 4.86. The molecule has 0 unspecified atom stereocenters. The number of halogens is 4. The minimum Gasteiger partial charge on any atom is -0.298 e. The normalized spacial score (nSPS) is 16.5. The molecule has 29 heavy (non-hydrogen) atoms. The Morgan fingerprint density at radius 1 is 1.31 bits per heavy atom. The van der Waals surface area contributed by atoms with Gasteiger partial charge in [0.05, 0.1) is 17.5 Å². The van der Waals surface area contributed by atoms with Crippen molar-refractivity contribution in [3.8, 4) is 5.69 Å². The van der Waals surface area contributed by atoms with Gasteiger partial charge in [-0.3, -0.25) is 10.1 Å². The second-order valence-electron chi connectivity index (χ2n) is 6.96. The molecule has 1 aliphatic rings. The SMILES string of the molecule is C[C@@H]1CCc2nc(NC(=O)c3cnn(-c4ccccc4F)c3C(F)(F)F)sc2C1. The summed E-state index contributed by atoms with van der Waals surface area (Å²) in [5, 5.41) is 6.32. The van der Waals surface area contributed by atoms with Crippen molar-refractivity contribution in [1.29, 1.82) is 0 Å². The standard InChI is InChI=1S/C19H16F4N4OS/c1-10-6-7-13-15(8-10)29-18(25-13)26-17(28)11-9-24-27(16(11)19(21,22)23)14-5-3-2-4-12(14)20/h2-5,9-10H,6-8H2,1H3,(H,25,26,28)/t10-/m1/s1. The van der Waals surface area contributed by atoms with Gasteiger partial charge in [-0.15, -0.1) is 11.3 Å². The molecule has 0 spiro atoms. The van der Waals surface area contributed by atoms with Crippen molar-refractivity contribution in [3.63, 3.8) is 0 Å². The Morgan fingerprint density at radius 2 is 2.07 bits per heavy atom. The maximum Gasteiger partial charge on any atom is 0.434 e. The van der Waals surface area contributed by atoms with Gasteiger partial charge in [-0.2, -0.15) is 18.3 Å². The highest BCUT2D eigenvalue weighted by atomic mass is 32.1. The molecule has 1 aliphatic carbocycles. The van der Waals surface area contributed by atoms with Crippen molar-refractivity contribution < 1.29 is 22.4 Å². The van der Waals surface area contributed by atoms with Crippen LogP contribution in [0.3, 0.4) is 0 Å². The molecule has 3 aromatic rings. The monoisotopic (exact) mass is 424 g/mol. The molecule has 1 N–H and O–H groups in total. The highest BCUT2D eigenvalue weighted by molar-refractivity contribution is 7.15. The van der Waals surface area contributed by atoms with Crippen molar-refractivity contribution in [3.05, 3.63) is 58.1 Å². The van der Waals surface area contributed by atoms with Crippen molar-refractivity contribution in [1.82, 2.24) is 14.8 Å². The third kappa shape index (κ3) is 3.76. The summed E-state index contributed by atoms with van der Waals surface area (Å²) < 4.78 is 55.6. The fourth-order valence-corrected chi connectivity index (χ4v) is 4.52. The highest BCUT2D eigenvalue weighted by Gasteiger charge is 2.41. The summed E-state index contributed by atoms with van der Waals surface area (Å²) in [5.74, 6) is -1.36. The zero-order valence-electron chi connectivity index (χ0n) is 15.3. The molecule has 0 saturated heterocycles. The van der Waals surface area contributed by atoms with E-state index in [1.807, 2.05) is 0 Å². The number of benzene rings is 1. The molecule has 0 radical (unpaired) electrons. The number of aryl methyl sites for hydroxylation is 1. The average Bonchev–Trinajstić information content (AvgIpc) is 3.25. The fourth-order valence-electron chi connectivity index (χ4n) is 3.35. The molecule has 1 amide bonds. The van der Waals surface area contributed by atoms with Gasteiger partial charge in [0.25, 0.3) is 5.91 Å². The number of para-hydroxylation sites is 1. The average molecular weight is 424 g/mol. The van der Waals surface area contributed by atoms with E-state index in [0.717, 1.165) is 48.2 Å². The van der Waals surface area contributed by atoms with Crippen LogP contribution in [0.1, 0.15) is 40.0 Å². The number of anilines is 1. The van der Waals surface area contributed by atoms with Gasteiger partial charge in [0.15, 0.2) is 10.8 Å². The number of fused-ring (bicyclic) bond motifs is 1. The number of amides is 1. The Labute approximate surface area is 167 Å². The minimum absolute atomic E-state index is 0.251. The summed E-state index contributed by atoms with van der Waals surface area (Å²) >= 11 is 1.27. The summed E-state index contributed by atoms with van der Waals surface area (Å²) in [6.07, 6.45) is -1.52. The van der Waals surface area contributed by atoms with Crippen molar-refractivity contribution >= 4 is 22.4 Å². The quantitative estimate of drug-likeness (QED) is 0.611. The molecule has 10 heteroatoms. The van der Waals surface area contributed by atoms with Gasteiger partial charge in [-0.1, -0.05) is 19.1 Å². The van der Waals surface area contributed by atoms with Crippen LogP contribution < -0.4 is 5.32 Å². The molecule has 2 heterocycles. The molecule has 4 rings (SSSR count). The maximum absolute atomic E-state index is 14.0. The van der Waals surface area contributed by atoms with E-state index >= 15 is 0 Å². The molecular weight excluding hydrogens is 408 g/mol. The zero-order chi connectivity index (χ0) is 20.8. The lowest BCUT2D eigenvalue weighted by atomic mass is 9.93. The molecule has 0 fully saturated rings. The van der Waals surface area contributed by atoms with Crippen LogP contribution in [0.25, 0.3) is 5.69 Å². The first-order valence-electron chi connectivity index (χ1n) is 8.94. The molecule has 1 aromatic carbocycles. The van der Waals surface area contributed by atoms with Crippen LogP contribution in [0.4, 0.5) is 22.7 Å². The second kappa shape index (κ2) is 7.25. The van der Waals surface area contributed by atoms with Gasteiger partial charge in [0.1, 0.15) is 11.5 Å². The first-order chi connectivity index (χ1) is 13.7. The lowest BCUT2D eigenvalue weighted by Gasteiger charge is -2.15. The molecular formula is C19H16F4N4OS. The van der Waals surface area contributed by atoms with Gasteiger partial charge in [0.2, 0.25) is 0 Å². The van der Waals surface area contributed by atoms with Gasteiger partial charge in [-0.05, 0) is 37.3 Å². The number of hydrogen-bond donors (Lipinski definition) is 1. The number of nitrogens with one attached hydrogen (secondary N) is 1. The Hall–Kier alpha value is -2.75. The van der Waals surface area contributed by atoms with Crippen LogP contribution >= 0.6 is 11.3 Å². The largest absolute Gasteiger partial charge is 0.434 e. The maximum atomic E-state index is 14.0. The Bertz CT molecular complexity index is 1070. The van der Waals surface area contributed by atoms with E-state index in [1.165, 1.54) is 23.5 Å². The van der Waals surface area contributed by atoms with Crippen molar-refractivity contribution in [2.45, 2.75) is 32.4 Å². The third-order valence-corrected chi connectivity index (χ3v) is 5.80. The minimum atomic E-state index is -4.91. The Morgan fingerprint density at radius 3 is 2.79 bits per heavy atom. The summed E-state index contributed by atoms with van der Waals surface area (Å²) in [4.78, 5) is 18.0. The van der Waals surface area contributed by atoms with E-state index in [4.69, 9.17) is 0 Å². The number of alkyl halides is 3. The number of hydrogen-bond acceptors (Lipinski definition) is 4. The Kier molecular flexibility index (Phi) is 4.89. The van der Waals surface area contributed by atoms with Crippen LogP contribution in [0, 0.1) is 11.7 Å². The third-order valence-electron chi connectivity index (χ3n) is 4.77. The first-order valence-corrected chi connectivity index (χ1v) is 9.75. The first kappa shape index (κ1) is 19.6. The highest BCUT2D eigenvalue weighted by Crippen LogP contribution is 2.36. The number of carbonyl (C=O) groups is 1. The second-order valence-corrected chi connectivity index (χ2v) is 8.04. The predicted molar refractivity (Wildman–Crippen MR) is 99.8 cm³/mol. The lowest BCUT2D eigenvalue weighted by Crippen LogP contribution is -2.21. The molecule has 0 bridgehead atoms. The van der Waals surface area contributed by atoms with Crippen LogP contribution in [0.5, 0.6) is 0 Å². The molecule has 5 nitrogen and oxygen atoms in total. The van der Waals surface area contributed by atoms with Gasteiger partial charge in [-0.25, -0.2) is 14.1 Å². The van der Waals surface area contributed by atoms with Gasteiger partial charge >= 0.3 is 6.18 Å². The van der Waals surface area contributed by atoms with E-state index in [2.05, 4.69) is 22.3 Å². The summed E-state index contributed by atoms with van der Waals surface area (Å²) in [5.41, 5.74) is -1.54. The summed E-state index contributed by atoms with van der Waals surface area (Å²) in [7, 11) is 0. The van der Waals surface area contributed by atoms with E-state index < -0.39 is 34.8 Å². The number of carbonyl (C=O) groups excluding carboxylic acids is 1. The molecule has 0 aliphatic heterocycles. The number of thiazole rings is 1. The van der Waals surface area contributed by atoms with Crippen LogP contribution in [-0.4, -0.2) is 20.7 Å². The molecule has 152 valence electrons. The lowest BCUT2D eigenvalue weighted by molar-refractivity contribution is -0.143. The van der Waals surface area contributed by atoms with Gasteiger partial charge in [0, 0.05) is 4.88 Å².